The Bertz CT molecular complexity index is 27.0. The Morgan fingerprint density at radius 3 is 1.25 bits per heavy atom. The van der Waals surface area contributed by atoms with Crippen LogP contribution in [-0.2, 0) is 25.7 Å². The van der Waals surface area contributed by atoms with Crippen molar-refractivity contribution in [3.63, 3.8) is 0 Å². The van der Waals surface area contributed by atoms with Gasteiger partial charge in [0.2, 0.25) is 0 Å². The van der Waals surface area contributed by atoms with Crippen LogP contribution in [0.1, 0.15) is 0 Å². The monoisotopic (exact) mass is 114 g/mol. The first-order chi connectivity index (χ1) is 1.41. The van der Waals surface area contributed by atoms with Gasteiger partial charge in [0.05, 0.1) is 0 Å². The Balaban J connectivity index is 0. The zero-order chi connectivity index (χ0) is 2.71. The molecule has 0 saturated carbocycles. The molecule has 0 amide bonds. The second-order valence-electron chi connectivity index (χ2n) is 0.0833. The van der Waals surface area contributed by atoms with Crippen LogP contribution < -0.4 is 0 Å². The average Bonchev–Trinajstić information content (AvgIpc) is 0.918. The van der Waals surface area contributed by atoms with Crippen LogP contribution in [0.5, 0.6) is 0 Å². The summed E-state index contributed by atoms with van der Waals surface area (Å²) < 4.78 is 17.0. The van der Waals surface area contributed by atoms with Gasteiger partial charge in [-0.3, -0.25) is 0 Å². The maximum absolute atomic E-state index is 8.50. The van der Waals surface area contributed by atoms with Gasteiger partial charge in [-0.25, -0.2) is 0 Å². The minimum atomic E-state index is -2.00. The van der Waals surface area contributed by atoms with Crippen LogP contribution in [0, 0.1) is 0 Å². The van der Waals surface area contributed by atoms with Crippen LogP contribution >= 0.6 is 13.5 Å². The van der Waals surface area contributed by atoms with Gasteiger partial charge in [0, 0.05) is 0 Å². The van der Waals surface area contributed by atoms with Gasteiger partial charge >= 0.3 is 25.7 Å². The van der Waals surface area contributed by atoms with Crippen molar-refractivity contribution >= 4 is 13.5 Å². The third-order valence-corrected chi connectivity index (χ3v) is 0. The molecule has 0 aliphatic rings. The van der Waals surface area contributed by atoms with Gasteiger partial charge in [0.25, 0.3) is 0 Å². The fourth-order valence-electron chi connectivity index (χ4n) is 0. The summed E-state index contributed by atoms with van der Waals surface area (Å²) in [6, 6.07) is 0. The number of hydrogen-bond donors (Lipinski definition) is 0. The van der Waals surface area contributed by atoms with Crippen molar-refractivity contribution in [2.24, 2.45) is 0 Å². The van der Waals surface area contributed by atoms with E-state index in [1.807, 2.05) is 0 Å². The van der Waals surface area contributed by atoms with Crippen LogP contribution in [-0.4, -0.2) is 0 Å². The molecule has 24 valence electrons. The van der Waals surface area contributed by atoms with Crippen molar-refractivity contribution in [3.05, 3.63) is 0 Å². The van der Waals surface area contributed by atoms with Crippen molar-refractivity contribution in [2.75, 3.05) is 0 Å². The van der Waals surface area contributed by atoms with Crippen LogP contribution in [0.3, 0.4) is 0 Å². The zero-order valence-corrected chi connectivity index (χ0v) is 4.38. The first-order valence-corrected chi connectivity index (χ1v) is 1.68. The van der Waals surface area contributed by atoms with Crippen LogP contribution in [0.4, 0.5) is 0 Å². The van der Waals surface area contributed by atoms with E-state index < -0.39 is 19.1 Å². The molecule has 2 nitrogen and oxygen atoms in total. The number of hydrogen-bond acceptors (Lipinski definition) is 2. The first kappa shape index (κ1) is 8.82. The van der Waals surface area contributed by atoms with Crippen molar-refractivity contribution in [1.29, 1.82) is 0 Å². The van der Waals surface area contributed by atoms with E-state index in [4.69, 9.17) is 6.65 Å². The van der Waals surface area contributed by atoms with Crippen molar-refractivity contribution < 1.29 is 25.7 Å². The third kappa shape index (κ3) is 16.7. The van der Waals surface area contributed by atoms with Gasteiger partial charge in [-0.2, -0.15) is 13.5 Å². The van der Waals surface area contributed by atoms with Crippen molar-refractivity contribution in [2.45, 2.75) is 0 Å². The molecule has 0 aromatic rings. The molecule has 0 radical (unpaired) electrons. The third-order valence-electron chi connectivity index (χ3n) is 0. The summed E-state index contributed by atoms with van der Waals surface area (Å²) in [5.41, 5.74) is 0. The Morgan fingerprint density at radius 2 is 1.25 bits per heavy atom. The molecule has 0 aliphatic carbocycles. The Hall–Kier alpha value is 0.664. The van der Waals surface area contributed by atoms with E-state index in [0.717, 1.165) is 0 Å². The van der Waals surface area contributed by atoms with Gasteiger partial charge < -0.3 is 0 Å². The fraction of sp³-hybridized carbons (Fsp3) is 0. The normalized spacial score (nSPS) is 2.00. The van der Waals surface area contributed by atoms with Crippen molar-refractivity contribution in [1.82, 2.24) is 0 Å². The summed E-state index contributed by atoms with van der Waals surface area (Å²) in [5.74, 6) is 0. The van der Waals surface area contributed by atoms with E-state index >= 15 is 0 Å². The standard InChI is InChI=1S/2O.H2S.Ti/h;;1H2;. The predicted molar refractivity (Wildman–Crippen MR) is 11.8 cm³/mol. The first-order valence-electron chi connectivity index (χ1n) is 0.408. The molecule has 0 aromatic heterocycles. The van der Waals surface area contributed by atoms with Crippen molar-refractivity contribution in [3.8, 4) is 0 Å². The van der Waals surface area contributed by atoms with E-state index in [-0.39, 0.29) is 13.5 Å². The molecule has 0 aliphatic heterocycles. The van der Waals surface area contributed by atoms with E-state index in [0.29, 0.717) is 0 Å². The molecule has 0 aromatic carbocycles. The van der Waals surface area contributed by atoms with Crippen LogP contribution in [0.25, 0.3) is 0 Å². The fourth-order valence-corrected chi connectivity index (χ4v) is 0. The Kier molecular flexibility index (Phi) is 20.7. The zero-order valence-electron chi connectivity index (χ0n) is 1.82. The second-order valence-corrected chi connectivity index (χ2v) is 0.344. The molecule has 0 spiro atoms. The summed E-state index contributed by atoms with van der Waals surface area (Å²) in [4.78, 5) is 0. The predicted octanol–water partition coefficient (Wildman–Crippen LogP) is -0.127. The Morgan fingerprint density at radius 1 is 1.25 bits per heavy atom. The summed E-state index contributed by atoms with van der Waals surface area (Å²) in [5, 5.41) is 0. The summed E-state index contributed by atoms with van der Waals surface area (Å²) >= 11 is -2.00. The summed E-state index contributed by atoms with van der Waals surface area (Å²) in [7, 11) is 0. The van der Waals surface area contributed by atoms with Gasteiger partial charge in [-0.15, -0.1) is 0 Å². The van der Waals surface area contributed by atoms with Gasteiger partial charge in [0.1, 0.15) is 0 Å². The van der Waals surface area contributed by atoms with Gasteiger partial charge in [-0.1, -0.05) is 0 Å². The van der Waals surface area contributed by atoms with E-state index in [2.05, 4.69) is 0 Å². The topological polar surface area (TPSA) is 34.1 Å². The molecule has 0 atom stereocenters. The van der Waals surface area contributed by atoms with Crippen LogP contribution in [0.15, 0.2) is 0 Å². The molecule has 4 heteroatoms. The Labute approximate surface area is 39.6 Å². The summed E-state index contributed by atoms with van der Waals surface area (Å²) in [6.45, 7) is 0. The molecule has 0 unspecified atom stereocenters. The molecule has 0 N–H and O–H groups in total. The molecule has 0 fully saturated rings. The van der Waals surface area contributed by atoms with E-state index in [9.17, 15) is 0 Å². The molecule has 0 rings (SSSR count). The minimum absolute atomic E-state index is 0. The molecular weight excluding hydrogens is 112 g/mol. The molecular formula is H2O2STi. The SMILES string of the molecule is S.[O]=[Ti]=[O]. The van der Waals surface area contributed by atoms with E-state index in [1.165, 1.54) is 0 Å². The maximum atomic E-state index is 8.50. The molecule has 0 saturated heterocycles. The molecule has 0 bridgehead atoms. The average molecular weight is 114 g/mol. The molecule has 0 heterocycles. The quantitative estimate of drug-likeness (QED) is 0.411. The van der Waals surface area contributed by atoms with Crippen LogP contribution in [0.2, 0.25) is 0 Å². The summed E-state index contributed by atoms with van der Waals surface area (Å²) in [6.07, 6.45) is 0. The van der Waals surface area contributed by atoms with Gasteiger partial charge in [0.15, 0.2) is 0 Å². The number of rotatable bonds is 0. The molecule has 4 heavy (non-hydrogen) atoms. The van der Waals surface area contributed by atoms with E-state index in [1.54, 1.807) is 0 Å². The van der Waals surface area contributed by atoms with Gasteiger partial charge in [-0.05, 0) is 0 Å². The second kappa shape index (κ2) is 9.39.